The van der Waals surface area contributed by atoms with Gasteiger partial charge in [-0.05, 0) is 17.5 Å². The van der Waals surface area contributed by atoms with Crippen LogP contribution >= 0.6 is 11.3 Å². The molecule has 14 heavy (non-hydrogen) atoms. The number of hydrogen-bond donors (Lipinski definition) is 3. The van der Waals surface area contributed by atoms with Crippen molar-refractivity contribution in [2.45, 2.75) is 0 Å². The maximum absolute atomic E-state index is 12.8. The molecular weight excluding hydrogens is 206 g/mol. The van der Waals surface area contributed by atoms with Crippen molar-refractivity contribution < 1.29 is 19.5 Å². The Morgan fingerprint density at radius 3 is 2.64 bits per heavy atom. The van der Waals surface area contributed by atoms with Gasteiger partial charge in [-0.2, -0.15) is 0 Å². The van der Waals surface area contributed by atoms with E-state index in [9.17, 15) is 9.50 Å². The zero-order chi connectivity index (χ0) is 10.3. The predicted octanol–water partition coefficient (Wildman–Crippen LogP) is 0.426. The zero-order valence-electron chi connectivity index (χ0n) is 6.94. The van der Waals surface area contributed by atoms with Crippen molar-refractivity contribution in [3.05, 3.63) is 24.0 Å². The molecular formula is C8H6BFO3S. The Bertz CT molecular complexity index is 483. The standard InChI is InChI=1S/C8H6BFO3S/c10-4-1-2-5-6(3-4)14-8(11)7(5)9(12)13/h1-3,11-13H. The molecule has 0 unspecified atom stereocenters. The molecule has 0 saturated carbocycles. The van der Waals surface area contributed by atoms with E-state index in [4.69, 9.17) is 10.0 Å². The molecule has 0 radical (unpaired) electrons. The Labute approximate surface area is 83.2 Å². The average Bonchev–Trinajstić information content (AvgIpc) is 2.39. The molecule has 1 aromatic heterocycles. The number of thiophene rings is 1. The van der Waals surface area contributed by atoms with Crippen molar-refractivity contribution >= 4 is 34.0 Å². The number of aromatic hydroxyl groups is 1. The molecule has 3 N–H and O–H groups in total. The van der Waals surface area contributed by atoms with Crippen molar-refractivity contribution in [3.8, 4) is 5.06 Å². The van der Waals surface area contributed by atoms with Crippen molar-refractivity contribution in [2.24, 2.45) is 0 Å². The van der Waals surface area contributed by atoms with Gasteiger partial charge in [0.25, 0.3) is 0 Å². The number of benzene rings is 1. The summed E-state index contributed by atoms with van der Waals surface area (Å²) in [5.74, 6) is -0.419. The molecule has 0 aliphatic carbocycles. The van der Waals surface area contributed by atoms with Crippen LogP contribution in [0.15, 0.2) is 18.2 Å². The molecule has 2 rings (SSSR count). The molecule has 0 bridgehead atoms. The summed E-state index contributed by atoms with van der Waals surface area (Å²) < 4.78 is 13.3. The van der Waals surface area contributed by atoms with Crippen LogP contribution in [0, 0.1) is 5.82 Å². The molecule has 72 valence electrons. The Morgan fingerprint density at radius 2 is 2.00 bits per heavy atom. The highest BCUT2D eigenvalue weighted by molar-refractivity contribution is 7.22. The normalized spacial score (nSPS) is 10.8. The third-order valence-electron chi connectivity index (χ3n) is 1.93. The van der Waals surface area contributed by atoms with Crippen LogP contribution in [0.25, 0.3) is 10.1 Å². The van der Waals surface area contributed by atoms with Gasteiger partial charge in [0, 0.05) is 10.2 Å². The first-order chi connectivity index (χ1) is 6.59. The van der Waals surface area contributed by atoms with Crippen LogP contribution in [0.1, 0.15) is 0 Å². The highest BCUT2D eigenvalue weighted by Gasteiger charge is 2.22. The number of fused-ring (bicyclic) bond motifs is 1. The van der Waals surface area contributed by atoms with E-state index in [1.54, 1.807) is 0 Å². The fourth-order valence-corrected chi connectivity index (χ4v) is 2.32. The van der Waals surface area contributed by atoms with E-state index in [-0.39, 0.29) is 10.5 Å². The van der Waals surface area contributed by atoms with Gasteiger partial charge in [-0.3, -0.25) is 0 Å². The van der Waals surface area contributed by atoms with Crippen molar-refractivity contribution in [2.75, 3.05) is 0 Å². The minimum atomic E-state index is -1.74. The molecule has 0 spiro atoms. The van der Waals surface area contributed by atoms with Crippen LogP contribution in [0.5, 0.6) is 5.06 Å². The Balaban J connectivity index is 2.77. The summed E-state index contributed by atoms with van der Waals surface area (Å²) in [6.07, 6.45) is 0. The maximum Gasteiger partial charge on any atom is 0.493 e. The number of rotatable bonds is 1. The van der Waals surface area contributed by atoms with Gasteiger partial charge in [0.15, 0.2) is 5.06 Å². The minimum absolute atomic E-state index is 0.0324. The van der Waals surface area contributed by atoms with Gasteiger partial charge in [0.1, 0.15) is 5.82 Å². The second-order valence-corrected chi connectivity index (χ2v) is 3.87. The van der Waals surface area contributed by atoms with Crippen LogP contribution in [-0.2, 0) is 0 Å². The molecule has 2 aromatic rings. The Kier molecular flexibility index (Phi) is 2.18. The van der Waals surface area contributed by atoms with E-state index in [2.05, 4.69) is 0 Å². The summed E-state index contributed by atoms with van der Waals surface area (Å²) in [5.41, 5.74) is 0.0324. The minimum Gasteiger partial charge on any atom is -0.500 e. The topological polar surface area (TPSA) is 60.7 Å². The van der Waals surface area contributed by atoms with E-state index in [1.165, 1.54) is 18.2 Å². The third-order valence-corrected chi connectivity index (χ3v) is 2.90. The van der Waals surface area contributed by atoms with Crippen LogP contribution < -0.4 is 5.46 Å². The third kappa shape index (κ3) is 1.37. The van der Waals surface area contributed by atoms with Gasteiger partial charge in [0.05, 0.1) is 0 Å². The summed E-state index contributed by atoms with van der Waals surface area (Å²) in [4.78, 5) is 0. The summed E-state index contributed by atoms with van der Waals surface area (Å²) in [7, 11) is -1.74. The van der Waals surface area contributed by atoms with Crippen molar-refractivity contribution in [3.63, 3.8) is 0 Å². The zero-order valence-corrected chi connectivity index (χ0v) is 7.75. The highest BCUT2D eigenvalue weighted by atomic mass is 32.1. The maximum atomic E-state index is 12.8. The van der Waals surface area contributed by atoms with E-state index in [1.807, 2.05) is 0 Å². The number of halogens is 1. The monoisotopic (exact) mass is 212 g/mol. The van der Waals surface area contributed by atoms with Crippen molar-refractivity contribution in [1.82, 2.24) is 0 Å². The first-order valence-electron chi connectivity index (χ1n) is 3.86. The molecule has 0 atom stereocenters. The van der Waals surface area contributed by atoms with E-state index in [0.29, 0.717) is 10.1 Å². The predicted molar refractivity (Wildman–Crippen MR) is 53.3 cm³/mol. The highest BCUT2D eigenvalue weighted by Crippen LogP contribution is 2.29. The lowest BCUT2D eigenvalue weighted by Crippen LogP contribution is -2.29. The van der Waals surface area contributed by atoms with Gasteiger partial charge in [-0.1, -0.05) is 17.4 Å². The van der Waals surface area contributed by atoms with Crippen LogP contribution in [0.4, 0.5) is 4.39 Å². The molecule has 1 heterocycles. The molecule has 0 fully saturated rings. The van der Waals surface area contributed by atoms with E-state index in [0.717, 1.165) is 11.3 Å². The lowest BCUT2D eigenvalue weighted by molar-refractivity contribution is 0.422. The molecule has 0 amide bonds. The van der Waals surface area contributed by atoms with Crippen LogP contribution in [0.2, 0.25) is 0 Å². The second-order valence-electron chi connectivity index (χ2n) is 2.84. The molecule has 6 heteroatoms. The number of hydrogen-bond acceptors (Lipinski definition) is 4. The summed E-state index contributed by atoms with van der Waals surface area (Å²) in [6.45, 7) is 0. The smallest absolute Gasteiger partial charge is 0.493 e. The molecule has 0 aliphatic heterocycles. The lowest BCUT2D eigenvalue weighted by atomic mass is 9.80. The SMILES string of the molecule is OB(O)c1c(O)sc2cc(F)ccc12. The first kappa shape index (κ1) is 9.45. The van der Waals surface area contributed by atoms with Crippen LogP contribution in [0.3, 0.4) is 0 Å². The van der Waals surface area contributed by atoms with E-state index >= 15 is 0 Å². The second kappa shape index (κ2) is 3.23. The van der Waals surface area contributed by atoms with Crippen molar-refractivity contribution in [1.29, 1.82) is 0 Å². The summed E-state index contributed by atoms with van der Waals surface area (Å²) >= 11 is 0.917. The van der Waals surface area contributed by atoms with E-state index < -0.39 is 12.9 Å². The van der Waals surface area contributed by atoms with Gasteiger partial charge < -0.3 is 15.2 Å². The molecule has 0 aliphatic rings. The molecule has 3 nitrogen and oxygen atoms in total. The first-order valence-corrected chi connectivity index (χ1v) is 4.68. The Hall–Kier alpha value is -1.11. The van der Waals surface area contributed by atoms with Gasteiger partial charge in [-0.15, -0.1) is 0 Å². The fraction of sp³-hybridized carbons (Fsp3) is 0. The van der Waals surface area contributed by atoms with Gasteiger partial charge in [0.2, 0.25) is 0 Å². The largest absolute Gasteiger partial charge is 0.500 e. The molecule has 1 aromatic carbocycles. The summed E-state index contributed by atoms with van der Waals surface area (Å²) in [6, 6.07) is 3.86. The lowest BCUT2D eigenvalue weighted by Gasteiger charge is -1.97. The fourth-order valence-electron chi connectivity index (χ4n) is 1.33. The summed E-state index contributed by atoms with van der Waals surface area (Å²) in [5, 5.41) is 27.6. The van der Waals surface area contributed by atoms with Gasteiger partial charge in [-0.25, -0.2) is 4.39 Å². The Morgan fingerprint density at radius 1 is 1.29 bits per heavy atom. The molecule has 0 saturated heterocycles. The average molecular weight is 212 g/mol. The van der Waals surface area contributed by atoms with Crippen LogP contribution in [-0.4, -0.2) is 22.3 Å². The quantitative estimate of drug-likeness (QED) is 0.600. The van der Waals surface area contributed by atoms with Gasteiger partial charge >= 0.3 is 7.12 Å².